The van der Waals surface area contributed by atoms with E-state index in [0.717, 1.165) is 141 Å². The molecule has 0 aromatic heterocycles. The SMILES string of the molecule is CCC/C=C\C/C=C\CCCCCCCC(=O)OCC(COP(=O)(O)OCC(CO)OC(=O)CCCCCCC/C=C\C/C=C\CCCCC)OC(=O)CCCCCCCC/C=C\C/C=C\C/C=C\CCCCC. The normalized spacial score (nSPS) is 14.0. The van der Waals surface area contributed by atoms with Crippen molar-refractivity contribution in [3.05, 3.63) is 85.1 Å². The van der Waals surface area contributed by atoms with Crippen molar-refractivity contribution < 1.29 is 52.2 Å². The van der Waals surface area contributed by atoms with Gasteiger partial charge in [0.1, 0.15) is 12.7 Å². The molecule has 0 aliphatic heterocycles. The topological polar surface area (TPSA) is 155 Å². The quantitative estimate of drug-likeness (QED) is 0.0197. The van der Waals surface area contributed by atoms with Gasteiger partial charge in [-0.1, -0.05) is 202 Å². The first-order chi connectivity index (χ1) is 36.2. The highest BCUT2D eigenvalue weighted by atomic mass is 31.2. The molecule has 0 saturated carbocycles. The summed E-state index contributed by atoms with van der Waals surface area (Å²) in [5.41, 5.74) is 0. The smallest absolute Gasteiger partial charge is 0.462 e. The molecule has 0 amide bonds. The lowest BCUT2D eigenvalue weighted by molar-refractivity contribution is -0.161. The van der Waals surface area contributed by atoms with Crippen LogP contribution in [0.15, 0.2) is 85.1 Å². The fourth-order valence-electron chi connectivity index (χ4n) is 7.72. The van der Waals surface area contributed by atoms with Crippen LogP contribution in [0.4, 0.5) is 0 Å². The number of ether oxygens (including phenoxy) is 3. The lowest BCUT2D eigenvalue weighted by Crippen LogP contribution is -2.30. The van der Waals surface area contributed by atoms with Crippen LogP contribution in [0.3, 0.4) is 0 Å². The standard InChI is InChI=1S/C62H107O11P/c1-4-7-10-13-16-19-22-25-27-28-29-30-32-35-38-41-44-47-50-53-62(66)73-59(55-69-60(64)51-48-45-42-39-36-33-24-21-18-15-12-9-6-3)57-71-74(67,68)70-56-58(54-63)72-61(65)52-49-46-43-40-37-34-31-26-23-20-17-14-11-8-5-2/h12,15-17,19-21,24-27,29-31,58-59,63H,4-11,13-14,18,22-23,28,32-57H2,1-3H3,(H,67,68)/b15-12-,19-16-,20-17-,24-21-,27-25-,30-29-,31-26-. The summed E-state index contributed by atoms with van der Waals surface area (Å²) < 4.78 is 39.5. The lowest BCUT2D eigenvalue weighted by Gasteiger charge is -2.21. The minimum atomic E-state index is -4.76. The molecule has 0 radical (unpaired) electrons. The maximum atomic E-state index is 12.9. The van der Waals surface area contributed by atoms with Gasteiger partial charge < -0.3 is 24.2 Å². The fraction of sp³-hybridized carbons (Fsp3) is 0.726. The Hall–Kier alpha value is -3.34. The minimum Gasteiger partial charge on any atom is -0.462 e. The Morgan fingerprint density at radius 1 is 0.378 bits per heavy atom. The number of esters is 3. The van der Waals surface area contributed by atoms with Gasteiger partial charge in [0, 0.05) is 19.3 Å². The summed E-state index contributed by atoms with van der Waals surface area (Å²) >= 11 is 0. The molecule has 0 fully saturated rings. The third-order valence-electron chi connectivity index (χ3n) is 12.2. The third kappa shape index (κ3) is 53.5. The van der Waals surface area contributed by atoms with E-state index < -0.39 is 57.8 Å². The van der Waals surface area contributed by atoms with Crippen LogP contribution in [0, 0.1) is 0 Å². The van der Waals surface area contributed by atoms with Crippen LogP contribution in [0.2, 0.25) is 0 Å². The van der Waals surface area contributed by atoms with E-state index in [9.17, 15) is 28.9 Å². The van der Waals surface area contributed by atoms with Crippen LogP contribution in [0.25, 0.3) is 0 Å². The number of rotatable bonds is 54. The van der Waals surface area contributed by atoms with E-state index in [2.05, 4.69) is 106 Å². The second kappa shape index (κ2) is 55.9. The Morgan fingerprint density at radius 2 is 0.689 bits per heavy atom. The average Bonchev–Trinajstić information content (AvgIpc) is 3.39. The van der Waals surface area contributed by atoms with Gasteiger partial charge in [0.15, 0.2) is 6.10 Å². The molecular formula is C62H107O11P. The van der Waals surface area contributed by atoms with Crippen molar-refractivity contribution in [2.75, 3.05) is 26.4 Å². The van der Waals surface area contributed by atoms with E-state index in [1.807, 2.05) is 0 Å². The van der Waals surface area contributed by atoms with Crippen molar-refractivity contribution >= 4 is 25.7 Å². The molecule has 0 spiro atoms. The molecule has 0 heterocycles. The van der Waals surface area contributed by atoms with E-state index in [0.29, 0.717) is 19.3 Å². The van der Waals surface area contributed by atoms with Gasteiger partial charge in [0.05, 0.1) is 19.8 Å². The zero-order valence-electron chi connectivity index (χ0n) is 47.0. The van der Waals surface area contributed by atoms with E-state index >= 15 is 0 Å². The Balaban J connectivity index is 4.76. The zero-order chi connectivity index (χ0) is 54.1. The Kier molecular flexibility index (Phi) is 53.4. The molecule has 11 nitrogen and oxygen atoms in total. The summed E-state index contributed by atoms with van der Waals surface area (Å²) in [6.45, 7) is 4.48. The molecule has 0 aliphatic carbocycles. The second-order valence-corrected chi connectivity index (χ2v) is 20.9. The highest BCUT2D eigenvalue weighted by molar-refractivity contribution is 7.47. The predicted octanol–water partition coefficient (Wildman–Crippen LogP) is 17.5. The van der Waals surface area contributed by atoms with Crippen molar-refractivity contribution in [3.63, 3.8) is 0 Å². The lowest BCUT2D eigenvalue weighted by atomic mass is 10.1. The molecule has 0 aromatic rings. The summed E-state index contributed by atoms with van der Waals surface area (Å²) in [5.74, 6) is -1.51. The number of hydrogen-bond donors (Lipinski definition) is 2. The van der Waals surface area contributed by atoms with Crippen molar-refractivity contribution in [1.82, 2.24) is 0 Å². The largest absolute Gasteiger partial charge is 0.472 e. The molecule has 426 valence electrons. The number of phosphoric ester groups is 1. The summed E-state index contributed by atoms with van der Waals surface area (Å²) in [6, 6.07) is 0. The molecule has 12 heteroatoms. The minimum absolute atomic E-state index is 0.146. The maximum Gasteiger partial charge on any atom is 0.472 e. The molecule has 3 unspecified atom stereocenters. The van der Waals surface area contributed by atoms with Crippen molar-refractivity contribution in [3.8, 4) is 0 Å². The van der Waals surface area contributed by atoms with Crippen molar-refractivity contribution in [1.29, 1.82) is 0 Å². The number of phosphoric acid groups is 1. The number of carbonyl (C=O) groups excluding carboxylic acids is 3. The van der Waals surface area contributed by atoms with E-state index in [1.165, 1.54) is 51.4 Å². The summed E-state index contributed by atoms with van der Waals surface area (Å²) in [7, 11) is -4.76. The fourth-order valence-corrected chi connectivity index (χ4v) is 8.51. The molecule has 0 bridgehead atoms. The van der Waals surface area contributed by atoms with Gasteiger partial charge >= 0.3 is 25.7 Å². The van der Waals surface area contributed by atoms with Gasteiger partial charge in [0.2, 0.25) is 0 Å². The van der Waals surface area contributed by atoms with Crippen LogP contribution >= 0.6 is 7.82 Å². The maximum absolute atomic E-state index is 12.9. The Bertz CT molecular complexity index is 1560. The second-order valence-electron chi connectivity index (χ2n) is 19.4. The van der Waals surface area contributed by atoms with Gasteiger partial charge in [-0.2, -0.15) is 0 Å². The van der Waals surface area contributed by atoms with Crippen LogP contribution in [0.1, 0.15) is 252 Å². The number of allylic oxidation sites excluding steroid dienone is 14. The first kappa shape index (κ1) is 70.7. The third-order valence-corrected chi connectivity index (χ3v) is 13.2. The first-order valence-corrected chi connectivity index (χ1v) is 31.0. The number of aliphatic hydroxyl groups is 1. The number of unbranched alkanes of at least 4 members (excludes halogenated alkanes) is 23. The monoisotopic (exact) mass is 1060 g/mol. The number of aliphatic hydroxyl groups excluding tert-OH is 1. The molecule has 2 N–H and O–H groups in total. The van der Waals surface area contributed by atoms with Gasteiger partial charge in [-0.05, 0) is 116 Å². The Morgan fingerprint density at radius 3 is 1.07 bits per heavy atom. The molecule has 74 heavy (non-hydrogen) atoms. The summed E-state index contributed by atoms with van der Waals surface area (Å²) in [5, 5.41) is 9.82. The van der Waals surface area contributed by atoms with Gasteiger partial charge in [0.25, 0.3) is 0 Å². The van der Waals surface area contributed by atoms with Crippen LogP contribution in [0.5, 0.6) is 0 Å². The highest BCUT2D eigenvalue weighted by Crippen LogP contribution is 2.43. The molecule has 3 atom stereocenters. The molecule has 0 rings (SSSR count). The van der Waals surface area contributed by atoms with Crippen LogP contribution in [-0.4, -0.2) is 66.5 Å². The van der Waals surface area contributed by atoms with E-state index in [-0.39, 0.29) is 25.9 Å². The first-order valence-electron chi connectivity index (χ1n) is 29.5. The number of carbonyl (C=O) groups is 3. The highest BCUT2D eigenvalue weighted by Gasteiger charge is 2.28. The molecule has 0 saturated heterocycles. The van der Waals surface area contributed by atoms with Gasteiger partial charge in [-0.25, -0.2) is 4.57 Å². The van der Waals surface area contributed by atoms with Gasteiger partial charge in [-0.15, -0.1) is 0 Å². The number of hydrogen-bond acceptors (Lipinski definition) is 10. The van der Waals surface area contributed by atoms with Crippen LogP contribution < -0.4 is 0 Å². The zero-order valence-corrected chi connectivity index (χ0v) is 47.9. The van der Waals surface area contributed by atoms with Crippen molar-refractivity contribution in [2.45, 2.75) is 264 Å². The Labute approximate surface area is 451 Å². The summed E-state index contributed by atoms with van der Waals surface area (Å²) in [4.78, 5) is 48.6. The summed E-state index contributed by atoms with van der Waals surface area (Å²) in [6.07, 6.45) is 63.9. The molecule has 0 aromatic carbocycles. The van der Waals surface area contributed by atoms with Crippen molar-refractivity contribution in [2.24, 2.45) is 0 Å². The molecular weight excluding hydrogens is 952 g/mol. The molecule has 0 aliphatic rings. The van der Waals surface area contributed by atoms with Gasteiger partial charge in [-0.3, -0.25) is 23.4 Å². The van der Waals surface area contributed by atoms with E-state index in [1.54, 1.807) is 0 Å². The van der Waals surface area contributed by atoms with Crippen LogP contribution in [-0.2, 0) is 42.2 Å². The predicted molar refractivity (Wildman–Crippen MR) is 307 cm³/mol. The van der Waals surface area contributed by atoms with E-state index in [4.69, 9.17) is 23.3 Å². The average molecular weight is 1060 g/mol.